The normalized spacial score (nSPS) is 10.1. The fourth-order valence-electron chi connectivity index (χ4n) is 1.59. The third-order valence-electron chi connectivity index (χ3n) is 2.61. The molecule has 6 nitrogen and oxygen atoms in total. The zero-order valence-electron chi connectivity index (χ0n) is 11.1. The average molecular weight is 341 g/mol. The summed E-state index contributed by atoms with van der Waals surface area (Å²) in [5, 5.41) is 13.9. The van der Waals surface area contributed by atoms with Crippen LogP contribution in [0, 0.1) is 10.1 Å². The second kappa shape index (κ2) is 7.11. The van der Waals surface area contributed by atoms with Gasteiger partial charge in [-0.05, 0) is 24.3 Å². The molecule has 0 saturated heterocycles. The van der Waals surface area contributed by atoms with Gasteiger partial charge in [-0.2, -0.15) is 0 Å². The van der Waals surface area contributed by atoms with Crippen LogP contribution in [0.4, 0.5) is 11.4 Å². The summed E-state index contributed by atoms with van der Waals surface area (Å²) in [4.78, 5) is 21.8. The Morgan fingerprint density at radius 3 is 2.50 bits per heavy atom. The van der Waals surface area contributed by atoms with Crippen molar-refractivity contribution in [3.8, 4) is 5.75 Å². The Labute approximate surface area is 135 Å². The zero-order chi connectivity index (χ0) is 16.1. The van der Waals surface area contributed by atoms with Crippen molar-refractivity contribution in [2.24, 2.45) is 0 Å². The predicted octanol–water partition coefficient (Wildman–Crippen LogP) is 3.92. The van der Waals surface area contributed by atoms with Gasteiger partial charge in [-0.15, -0.1) is 0 Å². The number of nitro benzene ring substituents is 1. The number of hydrogen-bond acceptors (Lipinski definition) is 4. The number of carbonyl (C=O) groups excluding carboxylic acids is 1. The molecular weight excluding hydrogens is 331 g/mol. The van der Waals surface area contributed by atoms with Crippen molar-refractivity contribution in [2.75, 3.05) is 11.9 Å². The first-order valence-electron chi connectivity index (χ1n) is 6.08. The molecule has 1 N–H and O–H groups in total. The highest BCUT2D eigenvalue weighted by atomic mass is 35.5. The van der Waals surface area contributed by atoms with Gasteiger partial charge in [-0.1, -0.05) is 23.2 Å². The molecule has 0 spiro atoms. The summed E-state index contributed by atoms with van der Waals surface area (Å²) in [6.45, 7) is -0.267. The van der Waals surface area contributed by atoms with E-state index in [0.717, 1.165) is 0 Å². The number of benzene rings is 2. The van der Waals surface area contributed by atoms with Crippen LogP contribution >= 0.6 is 23.2 Å². The molecule has 22 heavy (non-hydrogen) atoms. The summed E-state index contributed by atoms with van der Waals surface area (Å²) in [7, 11) is 0. The van der Waals surface area contributed by atoms with Crippen LogP contribution < -0.4 is 10.1 Å². The molecule has 0 aromatic heterocycles. The van der Waals surface area contributed by atoms with Crippen LogP contribution in [-0.4, -0.2) is 17.4 Å². The van der Waals surface area contributed by atoms with Gasteiger partial charge in [0, 0.05) is 28.9 Å². The predicted molar refractivity (Wildman–Crippen MR) is 83.7 cm³/mol. The highest BCUT2D eigenvalue weighted by Gasteiger charge is 2.09. The van der Waals surface area contributed by atoms with Gasteiger partial charge in [-0.3, -0.25) is 14.9 Å². The third kappa shape index (κ3) is 4.34. The van der Waals surface area contributed by atoms with Crippen molar-refractivity contribution in [2.45, 2.75) is 0 Å². The Morgan fingerprint density at radius 1 is 1.18 bits per heavy atom. The molecule has 0 heterocycles. The lowest BCUT2D eigenvalue weighted by Crippen LogP contribution is -2.20. The van der Waals surface area contributed by atoms with Crippen LogP contribution in [0.2, 0.25) is 10.0 Å². The van der Waals surface area contributed by atoms with Gasteiger partial charge >= 0.3 is 0 Å². The molecule has 1 amide bonds. The number of hydrogen-bond donors (Lipinski definition) is 1. The van der Waals surface area contributed by atoms with Crippen molar-refractivity contribution in [1.82, 2.24) is 0 Å². The lowest BCUT2D eigenvalue weighted by atomic mass is 10.3. The van der Waals surface area contributed by atoms with Gasteiger partial charge in [0.2, 0.25) is 0 Å². The molecule has 2 rings (SSSR count). The Morgan fingerprint density at radius 2 is 1.86 bits per heavy atom. The van der Waals surface area contributed by atoms with E-state index in [1.165, 1.54) is 30.3 Å². The van der Waals surface area contributed by atoms with E-state index in [0.29, 0.717) is 21.5 Å². The van der Waals surface area contributed by atoms with Gasteiger partial charge in [0.25, 0.3) is 11.6 Å². The van der Waals surface area contributed by atoms with E-state index in [9.17, 15) is 14.9 Å². The fraction of sp³-hybridized carbons (Fsp3) is 0.0714. The molecule has 0 aliphatic rings. The van der Waals surface area contributed by atoms with Crippen LogP contribution in [0.1, 0.15) is 0 Å². The largest absolute Gasteiger partial charge is 0.482 e. The number of halogens is 2. The molecule has 2 aromatic carbocycles. The minimum Gasteiger partial charge on any atom is -0.482 e. The Hall–Kier alpha value is -2.31. The maximum atomic E-state index is 11.8. The van der Waals surface area contributed by atoms with E-state index in [4.69, 9.17) is 27.9 Å². The first kappa shape index (κ1) is 16.1. The minimum atomic E-state index is -0.518. The first-order valence-corrected chi connectivity index (χ1v) is 6.83. The minimum absolute atomic E-state index is 0.0556. The highest BCUT2D eigenvalue weighted by Crippen LogP contribution is 2.27. The lowest BCUT2D eigenvalue weighted by Gasteiger charge is -2.09. The van der Waals surface area contributed by atoms with Gasteiger partial charge in [-0.25, -0.2) is 0 Å². The summed E-state index contributed by atoms with van der Waals surface area (Å²) in [6.07, 6.45) is 0. The topological polar surface area (TPSA) is 81.5 Å². The second-order valence-electron chi connectivity index (χ2n) is 4.22. The Kier molecular flexibility index (Phi) is 5.19. The quantitative estimate of drug-likeness (QED) is 0.660. The maximum absolute atomic E-state index is 11.8. The van der Waals surface area contributed by atoms with Gasteiger partial charge < -0.3 is 10.1 Å². The average Bonchev–Trinajstić information content (AvgIpc) is 2.49. The van der Waals surface area contributed by atoms with E-state index in [2.05, 4.69) is 5.32 Å². The number of anilines is 1. The number of non-ortho nitro benzene ring substituents is 1. The number of rotatable bonds is 5. The van der Waals surface area contributed by atoms with E-state index < -0.39 is 10.8 Å². The fourth-order valence-corrected chi connectivity index (χ4v) is 1.93. The number of ether oxygens (including phenoxy) is 1. The summed E-state index contributed by atoms with van der Waals surface area (Å²) in [5.41, 5.74) is 0.372. The monoisotopic (exact) mass is 340 g/mol. The number of carbonyl (C=O) groups is 1. The van der Waals surface area contributed by atoms with Crippen LogP contribution in [0.3, 0.4) is 0 Å². The van der Waals surface area contributed by atoms with Gasteiger partial charge in [0.15, 0.2) is 6.61 Å². The molecule has 114 valence electrons. The molecule has 2 aromatic rings. The molecule has 0 aliphatic carbocycles. The van der Waals surface area contributed by atoms with Crippen molar-refractivity contribution < 1.29 is 14.5 Å². The first-order chi connectivity index (χ1) is 10.5. The standard InChI is InChI=1S/C14H10Cl2N2O4/c15-9-1-6-12(16)13(7-9)22-8-14(19)17-10-2-4-11(5-3-10)18(20)21/h1-7H,8H2,(H,17,19). The second-order valence-corrected chi connectivity index (χ2v) is 5.06. The molecule has 0 saturated carbocycles. The summed E-state index contributed by atoms with van der Waals surface area (Å²) < 4.78 is 5.28. The summed E-state index contributed by atoms with van der Waals surface area (Å²) >= 11 is 11.7. The van der Waals surface area contributed by atoms with E-state index in [1.54, 1.807) is 12.1 Å². The van der Waals surface area contributed by atoms with Crippen molar-refractivity contribution in [3.63, 3.8) is 0 Å². The molecule has 8 heteroatoms. The van der Waals surface area contributed by atoms with Gasteiger partial charge in [0.1, 0.15) is 5.75 Å². The number of amides is 1. The van der Waals surface area contributed by atoms with Crippen molar-refractivity contribution in [1.29, 1.82) is 0 Å². The lowest BCUT2D eigenvalue weighted by molar-refractivity contribution is -0.384. The Balaban J connectivity index is 1.92. The molecule has 0 radical (unpaired) electrons. The maximum Gasteiger partial charge on any atom is 0.269 e. The molecule has 0 unspecified atom stereocenters. The molecule has 0 bridgehead atoms. The van der Waals surface area contributed by atoms with Crippen LogP contribution in [0.5, 0.6) is 5.75 Å². The number of nitro groups is 1. The molecule has 0 fully saturated rings. The third-order valence-corrected chi connectivity index (χ3v) is 3.16. The Bertz CT molecular complexity index is 704. The molecular formula is C14H10Cl2N2O4. The smallest absolute Gasteiger partial charge is 0.269 e. The number of nitrogens with one attached hydrogen (secondary N) is 1. The molecule has 0 aliphatic heterocycles. The molecule has 0 atom stereocenters. The van der Waals surface area contributed by atoms with Crippen LogP contribution in [-0.2, 0) is 4.79 Å². The van der Waals surface area contributed by atoms with E-state index in [1.807, 2.05) is 0 Å². The zero-order valence-corrected chi connectivity index (χ0v) is 12.6. The van der Waals surface area contributed by atoms with E-state index >= 15 is 0 Å². The highest BCUT2D eigenvalue weighted by molar-refractivity contribution is 6.34. The van der Waals surface area contributed by atoms with Crippen molar-refractivity contribution >= 4 is 40.5 Å². The SMILES string of the molecule is O=C(COc1cc(Cl)ccc1Cl)Nc1ccc([N+](=O)[O-])cc1. The van der Waals surface area contributed by atoms with Crippen LogP contribution in [0.25, 0.3) is 0 Å². The summed E-state index contributed by atoms with van der Waals surface area (Å²) in [6, 6.07) is 10.1. The summed E-state index contributed by atoms with van der Waals surface area (Å²) in [5.74, 6) is -0.127. The van der Waals surface area contributed by atoms with Crippen molar-refractivity contribution in [3.05, 3.63) is 62.6 Å². The van der Waals surface area contributed by atoms with Crippen LogP contribution in [0.15, 0.2) is 42.5 Å². The van der Waals surface area contributed by atoms with Gasteiger partial charge in [0.05, 0.1) is 9.95 Å². The number of nitrogens with zero attached hydrogens (tertiary/aromatic N) is 1. The van der Waals surface area contributed by atoms with E-state index in [-0.39, 0.29) is 12.3 Å².